The zero-order valence-electron chi connectivity index (χ0n) is 13.4. The van der Waals surface area contributed by atoms with Gasteiger partial charge >= 0.3 is 0 Å². The number of nitrogens with zero attached hydrogens (tertiary/aromatic N) is 2. The van der Waals surface area contributed by atoms with E-state index in [2.05, 4.69) is 22.2 Å². The van der Waals surface area contributed by atoms with Gasteiger partial charge in [0.15, 0.2) is 11.1 Å². The number of hydrogen-bond donors (Lipinski definition) is 2. The average Bonchev–Trinajstić information content (AvgIpc) is 3.00. The molecule has 5 nitrogen and oxygen atoms in total. The van der Waals surface area contributed by atoms with Crippen molar-refractivity contribution in [1.29, 1.82) is 0 Å². The van der Waals surface area contributed by atoms with Crippen molar-refractivity contribution in [2.75, 3.05) is 19.0 Å². The zero-order valence-corrected chi connectivity index (χ0v) is 15.9. The summed E-state index contributed by atoms with van der Waals surface area (Å²) in [6.45, 7) is 2.92. The van der Waals surface area contributed by atoms with Crippen LogP contribution in [0.25, 0.3) is 11.3 Å². The number of halogens is 1. The van der Waals surface area contributed by atoms with E-state index in [0.717, 1.165) is 35.1 Å². The Hall–Kier alpha value is -1.60. The number of nitrogens with two attached hydrogens (primary N) is 1. The van der Waals surface area contributed by atoms with Gasteiger partial charge in [0, 0.05) is 17.5 Å². The molecule has 2 rings (SSSR count). The van der Waals surface area contributed by atoms with E-state index in [0.29, 0.717) is 5.96 Å². The molecule has 2 aromatic rings. The van der Waals surface area contributed by atoms with Crippen molar-refractivity contribution < 1.29 is 4.74 Å². The highest BCUT2D eigenvalue weighted by Gasteiger charge is 2.06. The molecule has 0 saturated carbocycles. The minimum Gasteiger partial charge on any atom is -0.497 e. The predicted molar refractivity (Wildman–Crippen MR) is 104 cm³/mol. The molecule has 0 spiro atoms. The van der Waals surface area contributed by atoms with Crippen LogP contribution < -0.4 is 15.8 Å². The fourth-order valence-electron chi connectivity index (χ4n) is 1.96. The van der Waals surface area contributed by atoms with Gasteiger partial charge in [-0.3, -0.25) is 4.99 Å². The molecule has 126 valence electrons. The monoisotopic (exact) mass is 398 g/mol. The fraction of sp³-hybridized carbons (Fsp3) is 0.375. The van der Waals surface area contributed by atoms with Crippen molar-refractivity contribution >= 4 is 39.4 Å². The second-order valence-corrected chi connectivity index (χ2v) is 5.73. The van der Waals surface area contributed by atoms with Crippen LogP contribution in [0.2, 0.25) is 0 Å². The van der Waals surface area contributed by atoms with E-state index in [9.17, 15) is 0 Å². The smallest absolute Gasteiger partial charge is 0.194 e. The lowest BCUT2D eigenvalue weighted by atomic mass is 10.2. The maximum absolute atomic E-state index is 5.87. The lowest BCUT2D eigenvalue weighted by molar-refractivity contribution is 0.415. The minimum atomic E-state index is 0. The fourth-order valence-corrected chi connectivity index (χ4v) is 2.68. The van der Waals surface area contributed by atoms with E-state index in [1.165, 1.54) is 24.2 Å². The highest BCUT2D eigenvalue weighted by molar-refractivity contribution is 8.93. The van der Waals surface area contributed by atoms with Gasteiger partial charge in [0.25, 0.3) is 0 Å². The predicted octanol–water partition coefficient (Wildman–Crippen LogP) is 4.31. The third kappa shape index (κ3) is 6.19. The first-order valence-corrected chi connectivity index (χ1v) is 8.27. The Bertz CT molecular complexity index is 630. The Labute approximate surface area is 151 Å². The molecule has 23 heavy (non-hydrogen) atoms. The first-order valence-electron chi connectivity index (χ1n) is 7.40. The molecule has 3 N–H and O–H groups in total. The van der Waals surface area contributed by atoms with Crippen molar-refractivity contribution in [2.24, 2.45) is 10.7 Å². The van der Waals surface area contributed by atoms with E-state index < -0.39 is 0 Å². The number of aromatic nitrogens is 1. The van der Waals surface area contributed by atoms with Gasteiger partial charge in [-0.2, -0.15) is 0 Å². The molecule has 0 bridgehead atoms. The Morgan fingerprint density at radius 2 is 2.22 bits per heavy atom. The molecule has 1 heterocycles. The number of nitrogens with one attached hydrogen (secondary N) is 1. The maximum Gasteiger partial charge on any atom is 0.194 e. The second kappa shape index (κ2) is 10.2. The third-order valence-electron chi connectivity index (χ3n) is 3.15. The number of guanidine groups is 1. The SMILES string of the molecule is Br.CCCCCN=C(N)Nc1nc(-c2cccc(OC)c2)cs1. The summed E-state index contributed by atoms with van der Waals surface area (Å²) in [5.74, 6) is 1.24. The van der Waals surface area contributed by atoms with Crippen LogP contribution in [0.4, 0.5) is 5.13 Å². The van der Waals surface area contributed by atoms with E-state index in [-0.39, 0.29) is 17.0 Å². The normalized spacial score (nSPS) is 11.0. The number of rotatable bonds is 7. The van der Waals surface area contributed by atoms with Crippen molar-refractivity contribution in [3.8, 4) is 17.0 Å². The van der Waals surface area contributed by atoms with Gasteiger partial charge in [0.1, 0.15) is 5.75 Å². The number of anilines is 1. The number of hydrogen-bond acceptors (Lipinski definition) is 4. The molecule has 0 saturated heterocycles. The van der Waals surface area contributed by atoms with Crippen molar-refractivity contribution in [1.82, 2.24) is 4.98 Å². The van der Waals surface area contributed by atoms with Gasteiger partial charge in [-0.1, -0.05) is 31.9 Å². The van der Waals surface area contributed by atoms with Crippen LogP contribution >= 0.6 is 28.3 Å². The van der Waals surface area contributed by atoms with Gasteiger partial charge in [0.05, 0.1) is 12.8 Å². The number of methoxy groups -OCH3 is 1. The zero-order chi connectivity index (χ0) is 15.8. The summed E-state index contributed by atoms with van der Waals surface area (Å²) in [6, 6.07) is 7.82. The molecular weight excluding hydrogens is 376 g/mol. The Morgan fingerprint density at radius 1 is 1.39 bits per heavy atom. The molecule has 0 aliphatic rings. The number of thiazole rings is 1. The van der Waals surface area contributed by atoms with Crippen LogP contribution in [0.1, 0.15) is 26.2 Å². The van der Waals surface area contributed by atoms with Gasteiger partial charge in [-0.25, -0.2) is 4.98 Å². The largest absolute Gasteiger partial charge is 0.497 e. The van der Waals surface area contributed by atoms with Gasteiger partial charge < -0.3 is 15.8 Å². The molecule has 1 aromatic carbocycles. The highest BCUT2D eigenvalue weighted by Crippen LogP contribution is 2.27. The summed E-state index contributed by atoms with van der Waals surface area (Å²) >= 11 is 1.51. The van der Waals surface area contributed by atoms with E-state index in [1.807, 2.05) is 29.6 Å². The van der Waals surface area contributed by atoms with Crippen LogP contribution in [-0.4, -0.2) is 24.6 Å². The number of aliphatic imine (C=N–C) groups is 1. The molecule has 0 unspecified atom stereocenters. The number of unbranched alkanes of at least 4 members (excludes halogenated alkanes) is 2. The minimum absolute atomic E-state index is 0. The van der Waals surface area contributed by atoms with Crippen LogP contribution in [-0.2, 0) is 0 Å². The molecule has 0 aliphatic carbocycles. The maximum atomic E-state index is 5.87. The topological polar surface area (TPSA) is 72.5 Å². The molecule has 7 heteroatoms. The number of benzene rings is 1. The summed E-state index contributed by atoms with van der Waals surface area (Å²) in [6.07, 6.45) is 3.42. The first kappa shape index (κ1) is 19.4. The number of ether oxygens (including phenoxy) is 1. The molecule has 0 amide bonds. The van der Waals surface area contributed by atoms with Crippen LogP contribution in [0, 0.1) is 0 Å². The summed E-state index contributed by atoms with van der Waals surface area (Å²) in [5.41, 5.74) is 7.78. The third-order valence-corrected chi connectivity index (χ3v) is 3.91. The second-order valence-electron chi connectivity index (χ2n) is 4.87. The van der Waals surface area contributed by atoms with E-state index in [4.69, 9.17) is 10.5 Å². The van der Waals surface area contributed by atoms with Gasteiger partial charge in [-0.15, -0.1) is 28.3 Å². The van der Waals surface area contributed by atoms with Crippen LogP contribution in [0.15, 0.2) is 34.6 Å². The van der Waals surface area contributed by atoms with Gasteiger partial charge in [0.2, 0.25) is 0 Å². The molecule has 0 fully saturated rings. The quantitative estimate of drug-likeness (QED) is 0.413. The average molecular weight is 399 g/mol. The van der Waals surface area contributed by atoms with E-state index >= 15 is 0 Å². The van der Waals surface area contributed by atoms with Crippen LogP contribution in [0.3, 0.4) is 0 Å². The van der Waals surface area contributed by atoms with Crippen molar-refractivity contribution in [3.63, 3.8) is 0 Å². The highest BCUT2D eigenvalue weighted by atomic mass is 79.9. The summed E-state index contributed by atoms with van der Waals surface area (Å²) in [5, 5.41) is 5.77. The molecule has 0 aliphatic heterocycles. The summed E-state index contributed by atoms with van der Waals surface area (Å²) in [7, 11) is 1.66. The Balaban J connectivity index is 0.00000264. The first-order chi connectivity index (χ1) is 10.7. The Morgan fingerprint density at radius 3 is 2.96 bits per heavy atom. The van der Waals surface area contributed by atoms with E-state index in [1.54, 1.807) is 7.11 Å². The molecule has 0 atom stereocenters. The summed E-state index contributed by atoms with van der Waals surface area (Å²) < 4.78 is 5.23. The van der Waals surface area contributed by atoms with Crippen LogP contribution in [0.5, 0.6) is 5.75 Å². The van der Waals surface area contributed by atoms with Crippen molar-refractivity contribution in [3.05, 3.63) is 29.6 Å². The summed E-state index contributed by atoms with van der Waals surface area (Å²) in [4.78, 5) is 8.83. The standard InChI is InChI=1S/C16H22N4OS.BrH/c1-3-4-5-9-18-15(17)20-16-19-14(11-22-16)12-7-6-8-13(10-12)21-2;/h6-8,10-11H,3-5,9H2,1-2H3,(H3,17,18,19,20);1H. The lowest BCUT2D eigenvalue weighted by Crippen LogP contribution is -2.22. The molecule has 1 aromatic heterocycles. The molecular formula is C16H23BrN4OS. The van der Waals surface area contributed by atoms with Crippen molar-refractivity contribution in [2.45, 2.75) is 26.2 Å². The molecule has 0 radical (unpaired) electrons. The van der Waals surface area contributed by atoms with Gasteiger partial charge in [-0.05, 0) is 18.6 Å². The lowest BCUT2D eigenvalue weighted by Gasteiger charge is -2.02. The Kier molecular flexibility index (Phi) is 8.65.